The fourth-order valence-corrected chi connectivity index (χ4v) is 1.87. The van der Waals surface area contributed by atoms with E-state index in [1.54, 1.807) is 40.7 Å². The highest BCUT2D eigenvalue weighted by Gasteiger charge is 2.61. The SMILES string of the molecule is CC1=CC(C)(C)C(F)(F)C1(C)C. The lowest BCUT2D eigenvalue weighted by Gasteiger charge is -2.36. The minimum atomic E-state index is -2.63. The number of rotatable bonds is 0. The smallest absolute Gasteiger partial charge is 0.205 e. The van der Waals surface area contributed by atoms with Crippen LogP contribution in [0.4, 0.5) is 8.78 Å². The fraction of sp³-hybridized carbons (Fsp3) is 0.800. The molecule has 0 radical (unpaired) electrons. The molecule has 0 saturated heterocycles. The van der Waals surface area contributed by atoms with Gasteiger partial charge in [0.1, 0.15) is 0 Å². The van der Waals surface area contributed by atoms with Crippen LogP contribution >= 0.6 is 0 Å². The van der Waals surface area contributed by atoms with E-state index in [4.69, 9.17) is 0 Å². The Labute approximate surface area is 72.7 Å². The van der Waals surface area contributed by atoms with Crippen molar-refractivity contribution in [1.82, 2.24) is 0 Å². The predicted octanol–water partition coefficient (Wildman–Crippen LogP) is 3.63. The Bertz CT molecular complexity index is 234. The first-order valence-corrected chi connectivity index (χ1v) is 4.21. The normalized spacial score (nSPS) is 30.1. The average molecular weight is 174 g/mol. The van der Waals surface area contributed by atoms with E-state index < -0.39 is 16.8 Å². The van der Waals surface area contributed by atoms with Gasteiger partial charge in [0.15, 0.2) is 0 Å². The Morgan fingerprint density at radius 3 is 1.58 bits per heavy atom. The number of hydrogen-bond acceptors (Lipinski definition) is 0. The molecular weight excluding hydrogens is 158 g/mol. The number of allylic oxidation sites excluding steroid dienone is 2. The second kappa shape index (κ2) is 2.09. The van der Waals surface area contributed by atoms with E-state index in [1.807, 2.05) is 0 Å². The van der Waals surface area contributed by atoms with Gasteiger partial charge in [0, 0.05) is 10.8 Å². The van der Waals surface area contributed by atoms with Crippen LogP contribution in [0.1, 0.15) is 34.6 Å². The van der Waals surface area contributed by atoms with Crippen molar-refractivity contribution in [2.24, 2.45) is 10.8 Å². The summed E-state index contributed by atoms with van der Waals surface area (Å²) in [4.78, 5) is 0. The lowest BCUT2D eigenvalue weighted by molar-refractivity contribution is -0.139. The summed E-state index contributed by atoms with van der Waals surface area (Å²) >= 11 is 0. The summed E-state index contributed by atoms with van der Waals surface area (Å²) in [5, 5.41) is 0. The van der Waals surface area contributed by atoms with E-state index in [1.165, 1.54) is 0 Å². The monoisotopic (exact) mass is 174 g/mol. The van der Waals surface area contributed by atoms with E-state index >= 15 is 0 Å². The molecule has 0 N–H and O–H groups in total. The Balaban J connectivity index is 3.22. The molecule has 0 fully saturated rings. The van der Waals surface area contributed by atoms with Crippen LogP contribution in [0.15, 0.2) is 11.6 Å². The van der Waals surface area contributed by atoms with Crippen molar-refractivity contribution in [3.63, 3.8) is 0 Å². The van der Waals surface area contributed by atoms with Gasteiger partial charge in [0.25, 0.3) is 5.92 Å². The highest BCUT2D eigenvalue weighted by Crippen LogP contribution is 2.58. The number of halogens is 2. The summed E-state index contributed by atoms with van der Waals surface area (Å²) < 4.78 is 27.4. The molecule has 0 aromatic carbocycles. The highest BCUT2D eigenvalue weighted by atomic mass is 19.3. The molecule has 2 heteroatoms. The third-order valence-electron chi connectivity index (χ3n) is 3.16. The zero-order valence-corrected chi connectivity index (χ0v) is 8.33. The molecule has 12 heavy (non-hydrogen) atoms. The van der Waals surface area contributed by atoms with Crippen LogP contribution in [0.5, 0.6) is 0 Å². The third-order valence-corrected chi connectivity index (χ3v) is 3.16. The molecule has 0 aromatic heterocycles. The third kappa shape index (κ3) is 0.868. The van der Waals surface area contributed by atoms with Gasteiger partial charge in [-0.3, -0.25) is 0 Å². The second-order valence-electron chi connectivity index (χ2n) is 4.75. The molecule has 0 saturated carbocycles. The van der Waals surface area contributed by atoms with Crippen LogP contribution in [0.2, 0.25) is 0 Å². The Morgan fingerprint density at radius 2 is 1.50 bits per heavy atom. The van der Waals surface area contributed by atoms with Crippen LogP contribution in [0.25, 0.3) is 0 Å². The van der Waals surface area contributed by atoms with Gasteiger partial charge >= 0.3 is 0 Å². The van der Waals surface area contributed by atoms with Gasteiger partial charge in [-0.15, -0.1) is 0 Å². The first-order valence-electron chi connectivity index (χ1n) is 4.21. The van der Waals surface area contributed by atoms with Gasteiger partial charge in [-0.25, -0.2) is 8.78 Å². The summed E-state index contributed by atoms with van der Waals surface area (Å²) in [7, 11) is 0. The van der Waals surface area contributed by atoms with Crippen molar-refractivity contribution in [2.75, 3.05) is 0 Å². The van der Waals surface area contributed by atoms with Crippen LogP contribution in [-0.4, -0.2) is 5.92 Å². The second-order valence-corrected chi connectivity index (χ2v) is 4.75. The first kappa shape index (κ1) is 9.69. The Hall–Kier alpha value is -0.400. The van der Waals surface area contributed by atoms with E-state index in [0.717, 1.165) is 5.57 Å². The summed E-state index contributed by atoms with van der Waals surface area (Å²) in [6, 6.07) is 0. The molecule has 70 valence electrons. The van der Waals surface area contributed by atoms with Crippen LogP contribution < -0.4 is 0 Å². The first-order chi connectivity index (χ1) is 5.13. The molecule has 0 heterocycles. The Kier molecular flexibility index (Phi) is 1.69. The molecule has 0 spiro atoms. The minimum absolute atomic E-state index is 0.789. The maximum absolute atomic E-state index is 13.7. The van der Waals surface area contributed by atoms with Gasteiger partial charge < -0.3 is 0 Å². The van der Waals surface area contributed by atoms with Gasteiger partial charge in [0.2, 0.25) is 0 Å². The lowest BCUT2D eigenvalue weighted by Crippen LogP contribution is -2.42. The summed E-state index contributed by atoms with van der Waals surface area (Å²) in [5.74, 6) is -2.63. The Morgan fingerprint density at radius 1 is 1.08 bits per heavy atom. The zero-order valence-electron chi connectivity index (χ0n) is 8.33. The van der Waals surface area contributed by atoms with Crippen molar-refractivity contribution < 1.29 is 8.78 Å². The van der Waals surface area contributed by atoms with E-state index in [-0.39, 0.29) is 0 Å². The van der Waals surface area contributed by atoms with Crippen molar-refractivity contribution in [1.29, 1.82) is 0 Å². The fourth-order valence-electron chi connectivity index (χ4n) is 1.87. The molecule has 0 nitrogen and oxygen atoms in total. The van der Waals surface area contributed by atoms with E-state index in [2.05, 4.69) is 0 Å². The zero-order chi connectivity index (χ0) is 9.78. The van der Waals surface area contributed by atoms with Gasteiger partial charge in [-0.1, -0.05) is 39.3 Å². The van der Waals surface area contributed by atoms with Gasteiger partial charge in [0.05, 0.1) is 0 Å². The van der Waals surface area contributed by atoms with Crippen LogP contribution in [-0.2, 0) is 0 Å². The molecule has 1 aliphatic rings. The van der Waals surface area contributed by atoms with Crippen LogP contribution in [0, 0.1) is 10.8 Å². The molecule has 0 aliphatic heterocycles. The van der Waals surface area contributed by atoms with Crippen molar-refractivity contribution in [3.05, 3.63) is 11.6 Å². The van der Waals surface area contributed by atoms with Crippen molar-refractivity contribution in [2.45, 2.75) is 40.5 Å². The van der Waals surface area contributed by atoms with Gasteiger partial charge in [-0.2, -0.15) is 0 Å². The lowest BCUT2D eigenvalue weighted by atomic mass is 9.76. The van der Waals surface area contributed by atoms with E-state index in [0.29, 0.717) is 0 Å². The quantitative estimate of drug-likeness (QED) is 0.492. The summed E-state index contributed by atoms with van der Waals surface area (Å²) in [5.41, 5.74) is -1.20. The van der Waals surface area contributed by atoms with Gasteiger partial charge in [-0.05, 0) is 6.92 Å². The van der Waals surface area contributed by atoms with Crippen LogP contribution in [0.3, 0.4) is 0 Å². The van der Waals surface area contributed by atoms with Crippen molar-refractivity contribution >= 4 is 0 Å². The molecule has 0 bridgehead atoms. The maximum atomic E-state index is 13.7. The molecule has 0 atom stereocenters. The van der Waals surface area contributed by atoms with E-state index in [9.17, 15) is 8.78 Å². The molecule has 0 unspecified atom stereocenters. The maximum Gasteiger partial charge on any atom is 0.265 e. The largest absolute Gasteiger partial charge is 0.265 e. The number of alkyl halides is 2. The standard InChI is InChI=1S/C10H16F2/c1-7-6-8(2,3)10(11,12)9(7,4)5/h6H,1-5H3. The predicted molar refractivity (Wildman–Crippen MR) is 46.3 cm³/mol. The summed E-state index contributed by atoms with van der Waals surface area (Å²) in [6.45, 7) is 8.17. The molecular formula is C10H16F2. The highest BCUT2D eigenvalue weighted by molar-refractivity contribution is 5.29. The van der Waals surface area contributed by atoms with Crippen molar-refractivity contribution in [3.8, 4) is 0 Å². The number of hydrogen-bond donors (Lipinski definition) is 0. The average Bonchev–Trinajstić information content (AvgIpc) is 1.92. The molecule has 1 rings (SSSR count). The molecule has 0 amide bonds. The molecule has 0 aromatic rings. The minimum Gasteiger partial charge on any atom is -0.205 e. The molecule has 1 aliphatic carbocycles. The summed E-state index contributed by atoms with van der Waals surface area (Å²) in [6.07, 6.45) is 1.69. The topological polar surface area (TPSA) is 0 Å².